The van der Waals surface area contributed by atoms with E-state index >= 15 is 0 Å². The highest BCUT2D eigenvalue weighted by molar-refractivity contribution is 7.21. The highest BCUT2D eigenvalue weighted by Gasteiger charge is 2.11. The molecule has 0 saturated heterocycles. The predicted molar refractivity (Wildman–Crippen MR) is 85.5 cm³/mol. The van der Waals surface area contributed by atoms with Crippen molar-refractivity contribution in [1.29, 1.82) is 0 Å². The van der Waals surface area contributed by atoms with Crippen molar-refractivity contribution in [2.75, 3.05) is 5.32 Å². The first-order valence-electron chi connectivity index (χ1n) is 6.30. The van der Waals surface area contributed by atoms with Crippen molar-refractivity contribution < 1.29 is 9.90 Å². The Bertz CT molecular complexity index is 806. The van der Waals surface area contributed by atoms with Gasteiger partial charge in [0.25, 0.3) is 0 Å². The Balaban J connectivity index is 2.06. The molecule has 4 nitrogen and oxygen atoms in total. The lowest BCUT2D eigenvalue weighted by Gasteiger charge is -2.06. The number of fused-ring (bicyclic) bond motifs is 1. The molecule has 3 aromatic rings. The molecular formula is C16H12N2O2S. The predicted octanol–water partition coefficient (Wildman–Crippen LogP) is 3.79. The molecule has 21 heavy (non-hydrogen) atoms. The number of aromatic hydroxyl groups is 1. The largest absolute Gasteiger partial charge is 0.507 e. The van der Waals surface area contributed by atoms with Gasteiger partial charge >= 0.3 is 0 Å². The number of hydrogen-bond donors (Lipinski definition) is 2. The molecule has 0 aliphatic carbocycles. The Morgan fingerprint density at radius 3 is 2.86 bits per heavy atom. The van der Waals surface area contributed by atoms with Crippen LogP contribution in [0.4, 0.5) is 5.69 Å². The molecule has 2 N–H and O–H groups in total. The average Bonchev–Trinajstić information content (AvgIpc) is 2.92. The second-order valence-corrected chi connectivity index (χ2v) is 5.44. The molecule has 0 unspecified atom stereocenters. The van der Waals surface area contributed by atoms with Crippen LogP contribution in [-0.2, 0) is 4.79 Å². The van der Waals surface area contributed by atoms with Crippen LogP contribution in [0.15, 0.2) is 55.1 Å². The van der Waals surface area contributed by atoms with Crippen LogP contribution >= 0.6 is 11.3 Å². The zero-order valence-corrected chi connectivity index (χ0v) is 11.9. The van der Waals surface area contributed by atoms with Gasteiger partial charge in [-0.2, -0.15) is 0 Å². The highest BCUT2D eigenvalue weighted by Crippen LogP contribution is 2.36. The van der Waals surface area contributed by atoms with Crippen molar-refractivity contribution in [2.24, 2.45) is 0 Å². The summed E-state index contributed by atoms with van der Waals surface area (Å²) in [4.78, 5) is 15.9. The van der Waals surface area contributed by atoms with Gasteiger partial charge in [-0.05, 0) is 36.4 Å². The standard InChI is InChI=1S/C16H12N2O2S/c1-2-15(20)17-10-7-8-13(19)11(9-10)16-18-12-5-3-4-6-14(12)21-16/h2-9,19H,1H2,(H,17,20). The molecule has 0 aliphatic rings. The van der Waals surface area contributed by atoms with E-state index < -0.39 is 0 Å². The molecule has 3 rings (SSSR count). The molecule has 2 aromatic carbocycles. The molecule has 0 atom stereocenters. The first kappa shape index (κ1) is 13.3. The quantitative estimate of drug-likeness (QED) is 0.571. The smallest absolute Gasteiger partial charge is 0.247 e. The van der Waals surface area contributed by atoms with E-state index in [1.165, 1.54) is 17.4 Å². The Morgan fingerprint density at radius 2 is 2.10 bits per heavy atom. The maximum atomic E-state index is 11.4. The van der Waals surface area contributed by atoms with Crippen LogP contribution in [0.5, 0.6) is 5.75 Å². The first-order chi connectivity index (χ1) is 10.2. The zero-order valence-electron chi connectivity index (χ0n) is 11.0. The van der Waals surface area contributed by atoms with Gasteiger partial charge in [0.2, 0.25) is 5.91 Å². The fourth-order valence-corrected chi connectivity index (χ4v) is 2.96. The summed E-state index contributed by atoms with van der Waals surface area (Å²) in [6, 6.07) is 12.7. The summed E-state index contributed by atoms with van der Waals surface area (Å²) in [5, 5.41) is 13.4. The van der Waals surface area contributed by atoms with Crippen LogP contribution < -0.4 is 5.32 Å². The lowest BCUT2D eigenvalue weighted by Crippen LogP contribution is -2.07. The molecule has 0 radical (unpaired) electrons. The third-order valence-corrected chi connectivity index (χ3v) is 4.04. The topological polar surface area (TPSA) is 62.2 Å². The van der Waals surface area contributed by atoms with Crippen molar-refractivity contribution in [3.05, 3.63) is 55.1 Å². The number of thiazole rings is 1. The number of carbonyl (C=O) groups excluding carboxylic acids is 1. The Morgan fingerprint density at radius 1 is 1.29 bits per heavy atom. The normalized spacial score (nSPS) is 10.5. The van der Waals surface area contributed by atoms with E-state index in [9.17, 15) is 9.90 Å². The molecule has 1 amide bonds. The Kier molecular flexibility index (Phi) is 3.41. The lowest BCUT2D eigenvalue weighted by molar-refractivity contribution is -0.111. The number of carbonyl (C=O) groups is 1. The van der Waals surface area contributed by atoms with E-state index in [2.05, 4.69) is 16.9 Å². The molecule has 104 valence electrons. The summed E-state index contributed by atoms with van der Waals surface area (Å²) >= 11 is 1.49. The summed E-state index contributed by atoms with van der Waals surface area (Å²) in [5.74, 6) is -0.165. The number of phenolic OH excluding ortho intramolecular Hbond substituents is 1. The van der Waals surface area contributed by atoms with Crippen molar-refractivity contribution in [3.8, 4) is 16.3 Å². The number of phenols is 1. The lowest BCUT2D eigenvalue weighted by atomic mass is 10.2. The second-order valence-electron chi connectivity index (χ2n) is 4.41. The second kappa shape index (κ2) is 5.38. The van der Waals surface area contributed by atoms with E-state index in [1.807, 2.05) is 24.3 Å². The summed E-state index contributed by atoms with van der Waals surface area (Å²) < 4.78 is 1.05. The van der Waals surface area contributed by atoms with Gasteiger partial charge in [-0.1, -0.05) is 18.7 Å². The number of nitrogens with one attached hydrogen (secondary N) is 1. The van der Waals surface area contributed by atoms with Gasteiger partial charge in [0, 0.05) is 5.69 Å². The molecular weight excluding hydrogens is 284 g/mol. The number of anilines is 1. The minimum atomic E-state index is -0.295. The van der Waals surface area contributed by atoms with E-state index in [4.69, 9.17) is 0 Å². The fourth-order valence-electron chi connectivity index (χ4n) is 1.97. The van der Waals surface area contributed by atoms with Crippen LogP contribution in [0.25, 0.3) is 20.8 Å². The number of aromatic nitrogens is 1. The first-order valence-corrected chi connectivity index (χ1v) is 7.11. The van der Waals surface area contributed by atoms with Crippen LogP contribution in [-0.4, -0.2) is 16.0 Å². The SMILES string of the molecule is C=CC(=O)Nc1ccc(O)c(-c2nc3ccccc3s2)c1. The van der Waals surface area contributed by atoms with Crippen LogP contribution in [0.1, 0.15) is 0 Å². The minimum absolute atomic E-state index is 0.130. The van der Waals surface area contributed by atoms with Gasteiger partial charge in [0.15, 0.2) is 0 Å². The molecule has 1 aromatic heterocycles. The third kappa shape index (κ3) is 2.64. The Labute approximate surface area is 125 Å². The minimum Gasteiger partial charge on any atom is -0.507 e. The number of rotatable bonds is 3. The van der Waals surface area contributed by atoms with E-state index in [0.29, 0.717) is 16.3 Å². The summed E-state index contributed by atoms with van der Waals surface area (Å²) in [7, 11) is 0. The molecule has 0 fully saturated rings. The monoisotopic (exact) mass is 296 g/mol. The zero-order chi connectivity index (χ0) is 14.8. The average molecular weight is 296 g/mol. The van der Waals surface area contributed by atoms with Gasteiger partial charge in [-0.15, -0.1) is 11.3 Å². The number of amides is 1. The fraction of sp³-hybridized carbons (Fsp3) is 0. The van der Waals surface area contributed by atoms with Crippen molar-refractivity contribution in [3.63, 3.8) is 0 Å². The number of nitrogens with zero attached hydrogens (tertiary/aromatic N) is 1. The molecule has 0 saturated carbocycles. The van der Waals surface area contributed by atoms with Crippen LogP contribution in [0.2, 0.25) is 0 Å². The van der Waals surface area contributed by atoms with Gasteiger partial charge in [0.1, 0.15) is 10.8 Å². The van der Waals surface area contributed by atoms with Gasteiger partial charge in [-0.25, -0.2) is 4.98 Å². The van der Waals surface area contributed by atoms with Crippen LogP contribution in [0.3, 0.4) is 0 Å². The highest BCUT2D eigenvalue weighted by atomic mass is 32.1. The van der Waals surface area contributed by atoms with E-state index in [0.717, 1.165) is 10.2 Å². The molecule has 0 spiro atoms. The number of benzene rings is 2. The third-order valence-electron chi connectivity index (χ3n) is 2.97. The molecule has 5 heteroatoms. The van der Waals surface area contributed by atoms with Gasteiger partial charge in [0.05, 0.1) is 15.8 Å². The van der Waals surface area contributed by atoms with Crippen molar-refractivity contribution >= 4 is 33.1 Å². The van der Waals surface area contributed by atoms with Crippen molar-refractivity contribution in [2.45, 2.75) is 0 Å². The van der Waals surface area contributed by atoms with Gasteiger partial charge < -0.3 is 10.4 Å². The Hall–Kier alpha value is -2.66. The van der Waals surface area contributed by atoms with E-state index in [1.54, 1.807) is 18.2 Å². The van der Waals surface area contributed by atoms with Crippen molar-refractivity contribution in [1.82, 2.24) is 4.98 Å². The molecule has 0 aliphatic heterocycles. The van der Waals surface area contributed by atoms with Gasteiger partial charge in [-0.3, -0.25) is 4.79 Å². The van der Waals surface area contributed by atoms with Crippen LogP contribution in [0, 0.1) is 0 Å². The molecule has 0 bridgehead atoms. The summed E-state index contributed by atoms with van der Waals surface area (Å²) in [6.07, 6.45) is 1.20. The number of hydrogen-bond acceptors (Lipinski definition) is 4. The number of para-hydroxylation sites is 1. The maximum absolute atomic E-state index is 11.4. The summed E-state index contributed by atoms with van der Waals surface area (Å²) in [6.45, 7) is 3.41. The summed E-state index contributed by atoms with van der Waals surface area (Å²) in [5.41, 5.74) is 2.07. The maximum Gasteiger partial charge on any atom is 0.247 e. The molecule has 1 heterocycles. The van der Waals surface area contributed by atoms with E-state index in [-0.39, 0.29) is 11.7 Å².